The molecule has 0 saturated carbocycles. The molecule has 1 aliphatic heterocycles. The van der Waals surface area contributed by atoms with E-state index in [0.29, 0.717) is 29.1 Å². The first kappa shape index (κ1) is 25.7. The zero-order valence-corrected chi connectivity index (χ0v) is 20.7. The van der Waals surface area contributed by atoms with Gasteiger partial charge in [-0.05, 0) is 54.4 Å². The SMILES string of the molecule is CCCOC(=O)c1ccc(NC(=O)c2cccc(NC3=C(Cl)C(=O)N(Cc4ccccc4)C3=O)c2)cc1. The number of anilines is 2. The van der Waals surface area contributed by atoms with Crippen LogP contribution in [0.4, 0.5) is 11.4 Å². The predicted molar refractivity (Wildman–Crippen MR) is 140 cm³/mol. The van der Waals surface area contributed by atoms with E-state index >= 15 is 0 Å². The standard InChI is InChI=1S/C28H24ClN3O5/c1-2-15-37-28(36)19-11-13-21(14-12-19)31-25(33)20-9-6-10-22(16-20)30-24-23(29)26(34)32(27(24)35)17-18-7-4-3-5-8-18/h3-14,16,30H,2,15,17H2,1H3,(H,31,33). The summed E-state index contributed by atoms with van der Waals surface area (Å²) in [5.74, 6) is -1.96. The summed E-state index contributed by atoms with van der Waals surface area (Å²) in [7, 11) is 0. The van der Waals surface area contributed by atoms with Crippen LogP contribution in [0.3, 0.4) is 0 Å². The number of carbonyl (C=O) groups excluding carboxylic acids is 4. The van der Waals surface area contributed by atoms with Crippen LogP contribution in [-0.2, 0) is 20.9 Å². The molecule has 0 radical (unpaired) electrons. The molecule has 4 rings (SSSR count). The van der Waals surface area contributed by atoms with Gasteiger partial charge in [0.25, 0.3) is 17.7 Å². The van der Waals surface area contributed by atoms with Gasteiger partial charge < -0.3 is 15.4 Å². The van der Waals surface area contributed by atoms with E-state index in [1.54, 1.807) is 48.5 Å². The Kier molecular flexibility index (Phi) is 8.00. The molecule has 9 heteroatoms. The maximum atomic E-state index is 12.9. The fourth-order valence-corrected chi connectivity index (χ4v) is 3.85. The average Bonchev–Trinajstić information content (AvgIpc) is 3.11. The van der Waals surface area contributed by atoms with Crippen LogP contribution in [0, 0.1) is 0 Å². The van der Waals surface area contributed by atoms with E-state index in [1.165, 1.54) is 0 Å². The van der Waals surface area contributed by atoms with E-state index in [1.807, 2.05) is 37.3 Å². The molecule has 2 N–H and O–H groups in total. The summed E-state index contributed by atoms with van der Waals surface area (Å²) >= 11 is 6.20. The van der Waals surface area contributed by atoms with Gasteiger partial charge in [-0.25, -0.2) is 4.79 Å². The number of halogens is 1. The van der Waals surface area contributed by atoms with Crippen molar-refractivity contribution < 1.29 is 23.9 Å². The Labute approximate surface area is 218 Å². The van der Waals surface area contributed by atoms with Crippen LogP contribution >= 0.6 is 11.6 Å². The molecule has 0 unspecified atom stereocenters. The Morgan fingerprint density at radius 1 is 0.865 bits per heavy atom. The minimum Gasteiger partial charge on any atom is -0.462 e. The molecule has 0 spiro atoms. The van der Waals surface area contributed by atoms with Crippen molar-refractivity contribution in [3.63, 3.8) is 0 Å². The molecule has 0 aliphatic carbocycles. The Balaban J connectivity index is 1.42. The number of imide groups is 1. The number of amides is 3. The van der Waals surface area contributed by atoms with Crippen LogP contribution in [0.1, 0.15) is 39.6 Å². The number of ether oxygens (including phenoxy) is 1. The molecule has 8 nitrogen and oxygen atoms in total. The summed E-state index contributed by atoms with van der Waals surface area (Å²) < 4.78 is 5.10. The topological polar surface area (TPSA) is 105 Å². The third-order valence-corrected chi connectivity index (χ3v) is 5.86. The lowest BCUT2D eigenvalue weighted by Crippen LogP contribution is -2.31. The molecule has 1 aliphatic rings. The monoisotopic (exact) mass is 517 g/mol. The van der Waals surface area contributed by atoms with E-state index in [4.69, 9.17) is 16.3 Å². The van der Waals surface area contributed by atoms with Gasteiger partial charge in [0.1, 0.15) is 10.7 Å². The van der Waals surface area contributed by atoms with Crippen LogP contribution < -0.4 is 10.6 Å². The fraction of sp³-hybridized carbons (Fsp3) is 0.143. The van der Waals surface area contributed by atoms with Gasteiger partial charge in [0.2, 0.25) is 0 Å². The van der Waals surface area contributed by atoms with Crippen molar-refractivity contribution in [2.75, 3.05) is 17.2 Å². The molecule has 0 bridgehead atoms. The number of benzene rings is 3. The fourth-order valence-electron chi connectivity index (χ4n) is 3.62. The Hall–Kier alpha value is -4.43. The lowest BCUT2D eigenvalue weighted by Gasteiger charge is -2.15. The summed E-state index contributed by atoms with van der Waals surface area (Å²) in [6.07, 6.45) is 0.730. The zero-order valence-electron chi connectivity index (χ0n) is 20.0. The number of esters is 1. The normalized spacial score (nSPS) is 13.1. The van der Waals surface area contributed by atoms with Crippen molar-refractivity contribution in [1.82, 2.24) is 4.90 Å². The minimum absolute atomic E-state index is 0.0503. The van der Waals surface area contributed by atoms with E-state index in [2.05, 4.69) is 10.6 Å². The van der Waals surface area contributed by atoms with Crippen molar-refractivity contribution in [3.8, 4) is 0 Å². The highest BCUT2D eigenvalue weighted by Crippen LogP contribution is 2.27. The molecule has 3 amide bonds. The predicted octanol–water partition coefficient (Wildman–Crippen LogP) is 4.94. The second-order valence-corrected chi connectivity index (χ2v) is 8.62. The molecular formula is C28H24ClN3O5. The lowest BCUT2D eigenvalue weighted by molar-refractivity contribution is -0.138. The summed E-state index contributed by atoms with van der Waals surface area (Å²) in [5.41, 5.74) is 2.35. The molecule has 0 fully saturated rings. The highest BCUT2D eigenvalue weighted by atomic mass is 35.5. The largest absolute Gasteiger partial charge is 0.462 e. The maximum Gasteiger partial charge on any atom is 0.338 e. The molecule has 188 valence electrons. The van der Waals surface area contributed by atoms with E-state index in [9.17, 15) is 19.2 Å². The molecule has 0 aromatic heterocycles. The number of hydrogen-bond acceptors (Lipinski definition) is 6. The van der Waals surface area contributed by atoms with Crippen LogP contribution in [0.25, 0.3) is 0 Å². The van der Waals surface area contributed by atoms with Crippen LogP contribution in [-0.4, -0.2) is 35.2 Å². The maximum absolute atomic E-state index is 12.9. The molecule has 0 saturated heterocycles. The zero-order chi connectivity index (χ0) is 26.4. The molecule has 3 aromatic rings. The molecular weight excluding hydrogens is 494 g/mol. The second-order valence-electron chi connectivity index (χ2n) is 8.24. The van der Waals surface area contributed by atoms with Gasteiger partial charge >= 0.3 is 5.97 Å². The van der Waals surface area contributed by atoms with Crippen LogP contribution in [0.15, 0.2) is 89.6 Å². The Morgan fingerprint density at radius 2 is 1.59 bits per heavy atom. The Bertz CT molecular complexity index is 1370. The van der Waals surface area contributed by atoms with Gasteiger partial charge in [-0.3, -0.25) is 19.3 Å². The van der Waals surface area contributed by atoms with Gasteiger partial charge in [-0.1, -0.05) is 54.9 Å². The summed E-state index contributed by atoms with van der Waals surface area (Å²) in [6.45, 7) is 2.35. The van der Waals surface area contributed by atoms with Crippen LogP contribution in [0.2, 0.25) is 0 Å². The van der Waals surface area contributed by atoms with Gasteiger partial charge in [0, 0.05) is 16.9 Å². The summed E-state index contributed by atoms with van der Waals surface area (Å²) in [6, 6.07) is 21.9. The number of hydrogen-bond donors (Lipinski definition) is 2. The second kappa shape index (κ2) is 11.5. The van der Waals surface area contributed by atoms with Gasteiger partial charge in [0.15, 0.2) is 0 Å². The first-order valence-corrected chi connectivity index (χ1v) is 12.0. The lowest BCUT2D eigenvalue weighted by atomic mass is 10.1. The minimum atomic E-state index is -0.589. The summed E-state index contributed by atoms with van der Waals surface area (Å²) in [4.78, 5) is 51.3. The third-order valence-electron chi connectivity index (χ3n) is 5.50. The average molecular weight is 518 g/mol. The van der Waals surface area contributed by atoms with Gasteiger partial charge in [-0.15, -0.1) is 0 Å². The molecule has 1 heterocycles. The molecule has 0 atom stereocenters. The third kappa shape index (κ3) is 6.05. The van der Waals surface area contributed by atoms with Crippen molar-refractivity contribution in [2.24, 2.45) is 0 Å². The highest BCUT2D eigenvalue weighted by molar-refractivity contribution is 6.48. The first-order valence-electron chi connectivity index (χ1n) is 11.6. The quantitative estimate of drug-likeness (QED) is 0.308. The number of rotatable bonds is 9. The first-order chi connectivity index (χ1) is 17.9. The Morgan fingerprint density at radius 3 is 2.30 bits per heavy atom. The van der Waals surface area contributed by atoms with Crippen molar-refractivity contribution in [1.29, 1.82) is 0 Å². The van der Waals surface area contributed by atoms with Gasteiger partial charge in [0.05, 0.1) is 18.7 Å². The van der Waals surface area contributed by atoms with E-state index in [-0.39, 0.29) is 17.3 Å². The smallest absolute Gasteiger partial charge is 0.338 e. The van der Waals surface area contributed by atoms with E-state index in [0.717, 1.165) is 16.9 Å². The molecule has 3 aromatic carbocycles. The van der Waals surface area contributed by atoms with Crippen LogP contribution in [0.5, 0.6) is 0 Å². The van der Waals surface area contributed by atoms with E-state index < -0.39 is 23.7 Å². The van der Waals surface area contributed by atoms with Crippen molar-refractivity contribution >= 4 is 46.7 Å². The number of nitrogens with zero attached hydrogens (tertiary/aromatic N) is 1. The van der Waals surface area contributed by atoms with Crippen molar-refractivity contribution in [2.45, 2.75) is 19.9 Å². The molecule has 37 heavy (non-hydrogen) atoms. The number of nitrogens with one attached hydrogen (secondary N) is 2. The summed E-state index contributed by atoms with van der Waals surface area (Å²) in [5, 5.41) is 5.43. The highest BCUT2D eigenvalue weighted by Gasteiger charge is 2.37. The van der Waals surface area contributed by atoms with Gasteiger partial charge in [-0.2, -0.15) is 0 Å². The van der Waals surface area contributed by atoms with Crippen molar-refractivity contribution in [3.05, 3.63) is 106 Å². The number of carbonyl (C=O) groups is 4.